The maximum absolute atomic E-state index is 12.3. The van der Waals surface area contributed by atoms with Gasteiger partial charge in [0.05, 0.1) is 18.6 Å². The molecular weight excluding hydrogens is 238 g/mol. The molecule has 1 spiro atoms. The number of fused-ring (bicyclic) bond motifs is 1. The lowest BCUT2D eigenvalue weighted by atomic mass is 9.57. The van der Waals surface area contributed by atoms with Crippen LogP contribution in [0.1, 0.15) is 49.1 Å². The largest absolute Gasteiger partial charge is 0.497 e. The minimum Gasteiger partial charge on any atom is -0.497 e. The Kier molecular flexibility index (Phi) is 2.23. The highest BCUT2D eigenvalue weighted by Gasteiger charge is 2.55. The highest BCUT2D eigenvalue weighted by atomic mass is 16.5. The van der Waals surface area contributed by atoms with Gasteiger partial charge in [0.2, 0.25) is 5.91 Å². The molecule has 2 aliphatic carbocycles. The molecule has 19 heavy (non-hydrogen) atoms. The number of carbonyl (C=O) groups excluding carboxylic acids is 1. The fourth-order valence-corrected chi connectivity index (χ4v) is 4.47. The van der Waals surface area contributed by atoms with E-state index < -0.39 is 0 Å². The first kappa shape index (κ1) is 11.3. The van der Waals surface area contributed by atoms with Gasteiger partial charge in [-0.1, -0.05) is 18.9 Å². The normalized spacial score (nSPS) is 35.3. The summed E-state index contributed by atoms with van der Waals surface area (Å²) in [4.78, 5) is 12.3. The van der Waals surface area contributed by atoms with Crippen LogP contribution in [-0.4, -0.2) is 13.0 Å². The van der Waals surface area contributed by atoms with Gasteiger partial charge in [-0.2, -0.15) is 0 Å². The van der Waals surface area contributed by atoms with Gasteiger partial charge in [0, 0.05) is 0 Å². The second-order valence-electron chi connectivity index (χ2n) is 6.14. The zero-order valence-electron chi connectivity index (χ0n) is 11.2. The maximum atomic E-state index is 12.3. The highest BCUT2D eigenvalue weighted by Crippen LogP contribution is 2.56. The van der Waals surface area contributed by atoms with Crippen LogP contribution in [0.5, 0.6) is 5.75 Å². The minimum absolute atomic E-state index is 0.0610. The first-order valence-electron chi connectivity index (χ1n) is 7.25. The third-order valence-corrected chi connectivity index (χ3v) is 5.37. The lowest BCUT2D eigenvalue weighted by Crippen LogP contribution is -2.62. The Balaban J connectivity index is 1.93. The number of amides is 1. The third-order valence-electron chi connectivity index (χ3n) is 5.37. The van der Waals surface area contributed by atoms with E-state index in [0.717, 1.165) is 18.6 Å². The van der Waals surface area contributed by atoms with Gasteiger partial charge in [-0.15, -0.1) is 0 Å². The molecule has 1 aromatic carbocycles. The molecule has 2 fully saturated rings. The van der Waals surface area contributed by atoms with E-state index in [9.17, 15) is 4.79 Å². The number of carbonyl (C=O) groups is 1. The van der Waals surface area contributed by atoms with Crippen molar-refractivity contribution < 1.29 is 9.53 Å². The topological polar surface area (TPSA) is 38.3 Å². The molecule has 2 bridgehead atoms. The monoisotopic (exact) mass is 257 g/mol. The maximum Gasteiger partial charge on any atom is 0.228 e. The summed E-state index contributed by atoms with van der Waals surface area (Å²) in [5.41, 5.74) is 2.46. The summed E-state index contributed by atoms with van der Waals surface area (Å²) in [6.07, 6.45) is 5.86. The first-order chi connectivity index (χ1) is 9.24. The number of ether oxygens (including phenoxy) is 1. The Morgan fingerprint density at radius 2 is 2.26 bits per heavy atom. The van der Waals surface area contributed by atoms with Crippen LogP contribution in [0.25, 0.3) is 0 Å². The molecule has 0 aromatic heterocycles. The van der Waals surface area contributed by atoms with Crippen molar-refractivity contribution in [1.29, 1.82) is 0 Å². The fraction of sp³-hybridized carbons (Fsp3) is 0.562. The van der Waals surface area contributed by atoms with Crippen molar-refractivity contribution in [1.82, 2.24) is 5.32 Å². The van der Waals surface area contributed by atoms with Crippen LogP contribution >= 0.6 is 0 Å². The predicted octanol–water partition coefficient (Wildman–Crippen LogP) is 2.70. The molecule has 1 N–H and O–H groups in total. The number of nitrogens with one attached hydrogen (secondary N) is 1. The molecule has 2 aliphatic heterocycles. The van der Waals surface area contributed by atoms with Crippen LogP contribution in [0.2, 0.25) is 0 Å². The molecule has 4 aliphatic rings. The van der Waals surface area contributed by atoms with E-state index in [4.69, 9.17) is 4.74 Å². The second kappa shape index (κ2) is 3.75. The molecule has 100 valence electrons. The summed E-state index contributed by atoms with van der Waals surface area (Å²) < 4.78 is 5.38. The predicted molar refractivity (Wildman–Crippen MR) is 72.1 cm³/mol. The van der Waals surface area contributed by atoms with E-state index in [1.165, 1.54) is 30.4 Å². The summed E-state index contributed by atoms with van der Waals surface area (Å²) in [7, 11) is 1.71. The number of hydrogen-bond donors (Lipinski definition) is 1. The van der Waals surface area contributed by atoms with Crippen LogP contribution in [0, 0.1) is 5.92 Å². The van der Waals surface area contributed by atoms with E-state index in [1.807, 2.05) is 6.07 Å². The average Bonchev–Trinajstić information content (AvgIpc) is 2.46. The number of benzene rings is 1. The summed E-state index contributed by atoms with van der Waals surface area (Å²) in [5, 5.41) is 3.34. The standard InChI is InChI=1S/C16H19NO2/c1-19-11-5-6-12-13-8-10-4-2-3-7-16(10,14(12)9-11)17-15(13)18/h5-6,9-10,13H,2-4,7-8H2,1H3,(H,17,18)/t10-,13-,16+/m1/s1. The molecule has 3 nitrogen and oxygen atoms in total. The van der Waals surface area contributed by atoms with Crippen molar-refractivity contribution in [3.05, 3.63) is 29.3 Å². The SMILES string of the molecule is COc1ccc2c(c1)[C@]13CCCC[C@@H]1C[C@H]2C(=O)N3. The van der Waals surface area contributed by atoms with E-state index in [0.29, 0.717) is 5.92 Å². The van der Waals surface area contributed by atoms with E-state index in [2.05, 4.69) is 17.4 Å². The molecule has 0 unspecified atom stereocenters. The van der Waals surface area contributed by atoms with Crippen LogP contribution in [0.15, 0.2) is 18.2 Å². The van der Waals surface area contributed by atoms with Crippen molar-refractivity contribution in [3.8, 4) is 5.75 Å². The van der Waals surface area contributed by atoms with Crippen molar-refractivity contribution in [2.75, 3.05) is 7.11 Å². The van der Waals surface area contributed by atoms with Gasteiger partial charge < -0.3 is 10.1 Å². The van der Waals surface area contributed by atoms with Crippen LogP contribution in [-0.2, 0) is 10.3 Å². The van der Waals surface area contributed by atoms with Gasteiger partial charge in [0.1, 0.15) is 5.75 Å². The molecule has 1 aromatic rings. The summed E-state index contributed by atoms with van der Waals surface area (Å²) >= 11 is 0. The molecule has 1 saturated heterocycles. The van der Waals surface area contributed by atoms with E-state index in [-0.39, 0.29) is 17.4 Å². The quantitative estimate of drug-likeness (QED) is 0.840. The van der Waals surface area contributed by atoms with Crippen LogP contribution in [0.3, 0.4) is 0 Å². The van der Waals surface area contributed by atoms with Gasteiger partial charge in [0.25, 0.3) is 0 Å². The third kappa shape index (κ3) is 1.36. The van der Waals surface area contributed by atoms with Gasteiger partial charge in [0.15, 0.2) is 0 Å². The van der Waals surface area contributed by atoms with E-state index in [1.54, 1.807) is 7.11 Å². The first-order valence-corrected chi connectivity index (χ1v) is 7.25. The Morgan fingerprint density at radius 3 is 3.11 bits per heavy atom. The van der Waals surface area contributed by atoms with Gasteiger partial charge >= 0.3 is 0 Å². The van der Waals surface area contributed by atoms with Crippen molar-refractivity contribution >= 4 is 5.91 Å². The number of methoxy groups -OCH3 is 1. The minimum atomic E-state index is -0.103. The molecule has 5 rings (SSSR count). The number of hydrogen-bond acceptors (Lipinski definition) is 2. The molecule has 3 heteroatoms. The van der Waals surface area contributed by atoms with Gasteiger partial charge in [-0.25, -0.2) is 0 Å². The highest BCUT2D eigenvalue weighted by molar-refractivity contribution is 5.88. The number of rotatable bonds is 1. The molecular formula is C16H19NO2. The molecule has 2 heterocycles. The summed E-state index contributed by atoms with van der Waals surface area (Å²) in [6, 6.07) is 6.24. The Bertz CT molecular complexity index is 554. The molecule has 3 atom stereocenters. The lowest BCUT2D eigenvalue weighted by Gasteiger charge is -2.55. The Labute approximate surface area is 113 Å². The number of piperidine rings is 1. The van der Waals surface area contributed by atoms with Crippen LogP contribution < -0.4 is 10.1 Å². The molecule has 1 amide bonds. The smallest absolute Gasteiger partial charge is 0.228 e. The van der Waals surface area contributed by atoms with Crippen molar-refractivity contribution in [2.45, 2.75) is 43.6 Å². The lowest BCUT2D eigenvalue weighted by molar-refractivity contribution is -0.132. The van der Waals surface area contributed by atoms with Gasteiger partial charge in [-0.05, 0) is 48.4 Å². The Hall–Kier alpha value is -1.51. The van der Waals surface area contributed by atoms with E-state index >= 15 is 0 Å². The van der Waals surface area contributed by atoms with Gasteiger partial charge in [-0.3, -0.25) is 4.79 Å². The van der Waals surface area contributed by atoms with Crippen molar-refractivity contribution in [3.63, 3.8) is 0 Å². The summed E-state index contributed by atoms with van der Waals surface area (Å²) in [6.45, 7) is 0. The molecule has 1 saturated carbocycles. The van der Waals surface area contributed by atoms with Crippen molar-refractivity contribution in [2.24, 2.45) is 5.92 Å². The fourth-order valence-electron chi connectivity index (χ4n) is 4.47. The summed E-state index contributed by atoms with van der Waals surface area (Å²) in [5.74, 6) is 1.81. The molecule has 0 radical (unpaired) electrons. The van der Waals surface area contributed by atoms with Crippen LogP contribution in [0.4, 0.5) is 0 Å². The second-order valence-corrected chi connectivity index (χ2v) is 6.14. The Morgan fingerprint density at radius 1 is 1.37 bits per heavy atom. The zero-order chi connectivity index (χ0) is 13.0. The zero-order valence-corrected chi connectivity index (χ0v) is 11.2. The average molecular weight is 257 g/mol.